The smallest absolute Gasteiger partial charge is 0.236 e. The molecule has 0 spiro atoms. The van der Waals surface area contributed by atoms with Crippen molar-refractivity contribution >= 4 is 21.4 Å². The minimum absolute atomic E-state index is 0.102. The summed E-state index contributed by atoms with van der Waals surface area (Å²) >= 11 is 1.55. The van der Waals surface area contributed by atoms with Gasteiger partial charge in [-0.3, -0.25) is 0 Å². The summed E-state index contributed by atoms with van der Waals surface area (Å²) in [5.74, 6) is 0. The van der Waals surface area contributed by atoms with Crippen LogP contribution in [-0.2, 0) is 10.0 Å². The number of nitrogens with two attached hydrogens (primary N) is 1. The zero-order chi connectivity index (χ0) is 14.9. The van der Waals surface area contributed by atoms with Crippen LogP contribution >= 0.6 is 11.3 Å². The molecule has 0 bridgehead atoms. The van der Waals surface area contributed by atoms with Crippen LogP contribution in [0.15, 0.2) is 64.9 Å². The third kappa shape index (κ3) is 3.02. The van der Waals surface area contributed by atoms with Gasteiger partial charge in [-0.2, -0.15) is 0 Å². The van der Waals surface area contributed by atoms with E-state index in [1.165, 1.54) is 12.1 Å². The van der Waals surface area contributed by atoms with Gasteiger partial charge in [-0.1, -0.05) is 42.5 Å². The molecule has 21 heavy (non-hydrogen) atoms. The maximum absolute atomic E-state index is 11.2. The van der Waals surface area contributed by atoms with Crippen molar-refractivity contribution in [3.63, 3.8) is 0 Å². The molecule has 106 valence electrons. The Labute approximate surface area is 127 Å². The van der Waals surface area contributed by atoms with Crippen molar-refractivity contribution in [2.75, 3.05) is 0 Å². The summed E-state index contributed by atoms with van der Waals surface area (Å²) in [6.07, 6.45) is 0. The number of sulfonamides is 1. The molecule has 0 saturated carbocycles. The van der Waals surface area contributed by atoms with Crippen molar-refractivity contribution in [3.8, 4) is 21.8 Å². The van der Waals surface area contributed by atoms with Gasteiger partial charge in [-0.15, -0.1) is 11.3 Å². The van der Waals surface area contributed by atoms with Gasteiger partial charge in [0.2, 0.25) is 10.0 Å². The maximum Gasteiger partial charge on any atom is 0.238 e. The van der Waals surface area contributed by atoms with Gasteiger partial charge in [0.05, 0.1) is 10.6 Å². The molecule has 1 aromatic heterocycles. The highest BCUT2D eigenvalue weighted by molar-refractivity contribution is 7.89. The second kappa shape index (κ2) is 5.40. The Bertz CT molecular complexity index is 854. The van der Waals surface area contributed by atoms with E-state index in [2.05, 4.69) is 4.98 Å². The molecular formula is C15H12N2O2S2. The first-order valence-electron chi connectivity index (χ1n) is 6.18. The molecule has 4 nitrogen and oxygen atoms in total. The van der Waals surface area contributed by atoms with Crippen LogP contribution in [0.5, 0.6) is 0 Å². The number of benzene rings is 2. The van der Waals surface area contributed by atoms with Crippen LogP contribution in [0.25, 0.3) is 21.8 Å². The lowest BCUT2D eigenvalue weighted by Crippen LogP contribution is -2.11. The lowest BCUT2D eigenvalue weighted by Gasteiger charge is -2.00. The highest BCUT2D eigenvalue weighted by atomic mass is 32.2. The van der Waals surface area contributed by atoms with E-state index in [1.54, 1.807) is 23.5 Å². The topological polar surface area (TPSA) is 73.1 Å². The predicted octanol–water partition coefficient (Wildman–Crippen LogP) is 3.12. The first-order chi connectivity index (χ1) is 10.0. The monoisotopic (exact) mass is 316 g/mol. The van der Waals surface area contributed by atoms with E-state index in [-0.39, 0.29) is 4.90 Å². The fourth-order valence-electron chi connectivity index (χ4n) is 1.94. The van der Waals surface area contributed by atoms with Crippen LogP contribution in [0.2, 0.25) is 0 Å². The number of aromatic nitrogens is 1. The summed E-state index contributed by atoms with van der Waals surface area (Å²) in [4.78, 5) is 4.68. The van der Waals surface area contributed by atoms with Crippen molar-refractivity contribution in [2.24, 2.45) is 5.14 Å². The molecule has 0 aliphatic heterocycles. The minimum Gasteiger partial charge on any atom is -0.236 e. The quantitative estimate of drug-likeness (QED) is 0.807. The molecule has 0 atom stereocenters. The average molecular weight is 316 g/mol. The zero-order valence-electron chi connectivity index (χ0n) is 10.9. The molecular weight excluding hydrogens is 304 g/mol. The highest BCUT2D eigenvalue weighted by Crippen LogP contribution is 2.29. The largest absolute Gasteiger partial charge is 0.238 e. The Balaban J connectivity index is 1.94. The van der Waals surface area contributed by atoms with E-state index >= 15 is 0 Å². The van der Waals surface area contributed by atoms with Crippen LogP contribution < -0.4 is 5.14 Å². The molecule has 3 rings (SSSR count). The Kier molecular flexibility index (Phi) is 3.59. The van der Waals surface area contributed by atoms with Crippen molar-refractivity contribution in [3.05, 3.63) is 60.0 Å². The first-order valence-corrected chi connectivity index (χ1v) is 8.61. The van der Waals surface area contributed by atoms with E-state index in [4.69, 9.17) is 5.14 Å². The Morgan fingerprint density at radius 2 is 1.57 bits per heavy atom. The summed E-state index contributed by atoms with van der Waals surface area (Å²) in [5, 5.41) is 7.97. The van der Waals surface area contributed by atoms with Gasteiger partial charge >= 0.3 is 0 Å². The number of hydrogen-bond donors (Lipinski definition) is 1. The summed E-state index contributed by atoms with van der Waals surface area (Å²) < 4.78 is 22.5. The number of primary sulfonamides is 1. The maximum atomic E-state index is 11.2. The van der Waals surface area contributed by atoms with Gasteiger partial charge in [0.25, 0.3) is 0 Å². The molecule has 2 N–H and O–H groups in total. The zero-order valence-corrected chi connectivity index (χ0v) is 12.6. The van der Waals surface area contributed by atoms with Crippen molar-refractivity contribution in [1.29, 1.82) is 0 Å². The lowest BCUT2D eigenvalue weighted by molar-refractivity contribution is 0.598. The van der Waals surface area contributed by atoms with Crippen LogP contribution in [0.4, 0.5) is 0 Å². The van der Waals surface area contributed by atoms with Crippen LogP contribution in [0, 0.1) is 0 Å². The van der Waals surface area contributed by atoms with E-state index in [1.807, 2.05) is 35.7 Å². The molecule has 0 unspecified atom stereocenters. The van der Waals surface area contributed by atoms with Crippen LogP contribution in [0.3, 0.4) is 0 Å². The summed E-state index contributed by atoms with van der Waals surface area (Å²) in [5.41, 5.74) is 2.75. The van der Waals surface area contributed by atoms with Gasteiger partial charge in [0.1, 0.15) is 5.01 Å². The molecule has 0 amide bonds. The summed E-state index contributed by atoms with van der Waals surface area (Å²) in [7, 11) is -3.66. The van der Waals surface area contributed by atoms with Crippen molar-refractivity contribution in [1.82, 2.24) is 4.98 Å². The van der Waals surface area contributed by atoms with Gasteiger partial charge in [-0.25, -0.2) is 18.5 Å². The molecule has 0 saturated heterocycles. The van der Waals surface area contributed by atoms with Crippen LogP contribution in [0.1, 0.15) is 0 Å². The minimum atomic E-state index is -3.66. The number of nitrogens with zero attached hydrogens (tertiary/aromatic N) is 1. The molecule has 6 heteroatoms. The summed E-state index contributed by atoms with van der Waals surface area (Å²) in [6, 6.07) is 16.3. The van der Waals surface area contributed by atoms with Crippen molar-refractivity contribution in [2.45, 2.75) is 4.90 Å². The summed E-state index contributed by atoms with van der Waals surface area (Å²) in [6.45, 7) is 0. The molecule has 0 aliphatic carbocycles. The Morgan fingerprint density at radius 1 is 0.905 bits per heavy atom. The molecule has 0 fully saturated rings. The number of hydrogen-bond acceptors (Lipinski definition) is 4. The van der Waals surface area contributed by atoms with Gasteiger partial charge in [0.15, 0.2) is 0 Å². The SMILES string of the molecule is NS(=O)(=O)c1ccc(-c2csc(-c3ccccc3)n2)cc1. The van der Waals surface area contributed by atoms with Crippen LogP contribution in [-0.4, -0.2) is 13.4 Å². The van der Waals surface area contributed by atoms with E-state index in [0.29, 0.717) is 0 Å². The Hall–Kier alpha value is -2.02. The number of rotatable bonds is 3. The van der Waals surface area contributed by atoms with E-state index in [9.17, 15) is 8.42 Å². The van der Waals surface area contributed by atoms with E-state index in [0.717, 1.165) is 21.8 Å². The second-order valence-electron chi connectivity index (χ2n) is 4.47. The molecule has 0 aliphatic rings. The third-order valence-electron chi connectivity index (χ3n) is 3.00. The highest BCUT2D eigenvalue weighted by Gasteiger charge is 2.09. The Morgan fingerprint density at radius 3 is 2.19 bits per heavy atom. The van der Waals surface area contributed by atoms with Gasteiger partial charge < -0.3 is 0 Å². The molecule has 2 aromatic carbocycles. The van der Waals surface area contributed by atoms with Crippen molar-refractivity contribution < 1.29 is 8.42 Å². The average Bonchev–Trinajstić information content (AvgIpc) is 2.97. The van der Waals surface area contributed by atoms with Gasteiger partial charge in [0, 0.05) is 16.5 Å². The predicted molar refractivity (Wildman–Crippen MR) is 84.4 cm³/mol. The molecule has 1 heterocycles. The lowest BCUT2D eigenvalue weighted by atomic mass is 10.2. The standard InChI is InChI=1S/C15H12N2O2S2/c16-21(18,19)13-8-6-11(7-9-13)14-10-20-15(17-14)12-4-2-1-3-5-12/h1-10H,(H2,16,18,19). The fraction of sp³-hybridized carbons (Fsp3) is 0. The van der Waals surface area contributed by atoms with Gasteiger partial charge in [-0.05, 0) is 12.1 Å². The normalized spacial score (nSPS) is 11.5. The number of thiazole rings is 1. The first kappa shape index (κ1) is 13.9. The molecule has 3 aromatic rings. The second-order valence-corrected chi connectivity index (χ2v) is 6.89. The molecule has 0 radical (unpaired) electrons. The third-order valence-corrected chi connectivity index (χ3v) is 4.82. The fourth-order valence-corrected chi connectivity index (χ4v) is 3.29. The van der Waals surface area contributed by atoms with E-state index < -0.39 is 10.0 Å².